The summed E-state index contributed by atoms with van der Waals surface area (Å²) in [6.45, 7) is 3.35. The number of aromatic nitrogens is 2. The largest absolute Gasteiger partial charge is 0.325 e. The molecule has 0 unspecified atom stereocenters. The smallest absolute Gasteiger partial charge is 0.294 e. The van der Waals surface area contributed by atoms with Crippen LogP contribution in [0.3, 0.4) is 0 Å². The van der Waals surface area contributed by atoms with Crippen LogP contribution in [0.4, 0.5) is 11.5 Å². The molecular weight excluding hydrogens is 416 g/mol. The molecule has 7 heteroatoms. The standard InChI is InChI=1S/C26H24N4O3/c1-18-12-14-21(15-13-18)27-24(32)17-30-23-11-7-6-10-22(23)28-25(26(30)33)29(19(2)31)16-20-8-4-3-5-9-20/h3-15H,16-17H2,1-2H3,(H,27,32). The average molecular weight is 441 g/mol. The van der Waals surface area contributed by atoms with Crippen LogP contribution in [0, 0.1) is 6.92 Å². The van der Waals surface area contributed by atoms with Gasteiger partial charge in [0.1, 0.15) is 6.54 Å². The van der Waals surface area contributed by atoms with E-state index in [1.807, 2.05) is 61.5 Å². The summed E-state index contributed by atoms with van der Waals surface area (Å²) >= 11 is 0. The predicted octanol–water partition coefficient (Wildman–Crippen LogP) is 3.90. The number of para-hydroxylation sites is 2. The van der Waals surface area contributed by atoms with E-state index < -0.39 is 5.56 Å². The van der Waals surface area contributed by atoms with Crippen LogP contribution in [0.5, 0.6) is 0 Å². The van der Waals surface area contributed by atoms with Gasteiger partial charge in [-0.3, -0.25) is 23.9 Å². The molecule has 4 rings (SSSR count). The molecule has 0 aliphatic carbocycles. The van der Waals surface area contributed by atoms with Gasteiger partial charge in [0.25, 0.3) is 5.56 Å². The highest BCUT2D eigenvalue weighted by Crippen LogP contribution is 2.17. The lowest BCUT2D eigenvalue weighted by Gasteiger charge is -2.21. The molecule has 1 heterocycles. The quantitative estimate of drug-likeness (QED) is 0.493. The van der Waals surface area contributed by atoms with Gasteiger partial charge in [-0.1, -0.05) is 60.2 Å². The monoisotopic (exact) mass is 440 g/mol. The molecule has 2 amide bonds. The molecule has 0 saturated heterocycles. The highest BCUT2D eigenvalue weighted by atomic mass is 16.2. The van der Waals surface area contributed by atoms with Crippen LogP contribution in [0.2, 0.25) is 0 Å². The summed E-state index contributed by atoms with van der Waals surface area (Å²) in [5, 5.41) is 2.82. The summed E-state index contributed by atoms with van der Waals surface area (Å²) < 4.78 is 1.36. The summed E-state index contributed by atoms with van der Waals surface area (Å²) in [6, 6.07) is 23.9. The van der Waals surface area contributed by atoms with E-state index in [2.05, 4.69) is 10.3 Å². The third kappa shape index (κ3) is 4.98. The van der Waals surface area contributed by atoms with Crippen LogP contribution < -0.4 is 15.8 Å². The van der Waals surface area contributed by atoms with Crippen LogP contribution >= 0.6 is 0 Å². The maximum atomic E-state index is 13.5. The van der Waals surface area contributed by atoms with E-state index in [4.69, 9.17) is 0 Å². The minimum Gasteiger partial charge on any atom is -0.325 e. The Morgan fingerprint density at radius 2 is 1.61 bits per heavy atom. The van der Waals surface area contributed by atoms with Crippen molar-refractivity contribution in [3.63, 3.8) is 0 Å². The number of hydrogen-bond acceptors (Lipinski definition) is 4. The van der Waals surface area contributed by atoms with Gasteiger partial charge in [-0.15, -0.1) is 0 Å². The first-order valence-electron chi connectivity index (χ1n) is 10.6. The summed E-state index contributed by atoms with van der Waals surface area (Å²) in [6.07, 6.45) is 0. The maximum absolute atomic E-state index is 13.5. The number of nitrogens with zero attached hydrogens (tertiary/aromatic N) is 3. The number of hydrogen-bond donors (Lipinski definition) is 1. The van der Waals surface area contributed by atoms with E-state index in [9.17, 15) is 14.4 Å². The molecule has 0 saturated carbocycles. The minimum absolute atomic E-state index is 0.00631. The van der Waals surface area contributed by atoms with Crippen molar-refractivity contribution in [1.29, 1.82) is 0 Å². The normalized spacial score (nSPS) is 10.7. The van der Waals surface area contributed by atoms with Crippen molar-refractivity contribution in [3.05, 3.63) is 100 Å². The second-order valence-corrected chi connectivity index (χ2v) is 7.82. The van der Waals surface area contributed by atoms with Crippen LogP contribution in [0.25, 0.3) is 11.0 Å². The third-order valence-corrected chi connectivity index (χ3v) is 5.29. The maximum Gasteiger partial charge on any atom is 0.294 e. The van der Waals surface area contributed by atoms with Crippen LogP contribution in [-0.2, 0) is 22.7 Å². The number of carbonyl (C=O) groups is 2. The Labute approximate surface area is 191 Å². The Kier molecular flexibility index (Phi) is 6.31. The molecule has 0 radical (unpaired) electrons. The van der Waals surface area contributed by atoms with Gasteiger partial charge < -0.3 is 5.32 Å². The van der Waals surface area contributed by atoms with Crippen molar-refractivity contribution in [2.45, 2.75) is 26.9 Å². The molecule has 33 heavy (non-hydrogen) atoms. The molecule has 1 N–H and O–H groups in total. The lowest BCUT2D eigenvalue weighted by atomic mass is 10.2. The van der Waals surface area contributed by atoms with Crippen LogP contribution in [0.15, 0.2) is 83.7 Å². The first-order valence-corrected chi connectivity index (χ1v) is 10.6. The highest BCUT2D eigenvalue weighted by molar-refractivity contribution is 5.93. The number of anilines is 2. The Morgan fingerprint density at radius 1 is 0.939 bits per heavy atom. The fraction of sp³-hybridized carbons (Fsp3) is 0.154. The fourth-order valence-electron chi connectivity index (χ4n) is 3.59. The van der Waals surface area contributed by atoms with Gasteiger partial charge in [-0.2, -0.15) is 0 Å². The molecule has 3 aromatic carbocycles. The summed E-state index contributed by atoms with van der Waals surface area (Å²) in [7, 11) is 0. The molecule has 0 atom stereocenters. The molecule has 0 aliphatic heterocycles. The van der Waals surface area contributed by atoms with Gasteiger partial charge in [-0.05, 0) is 36.8 Å². The Balaban J connectivity index is 1.73. The number of amides is 2. The van der Waals surface area contributed by atoms with Crippen LogP contribution in [0.1, 0.15) is 18.1 Å². The molecule has 1 aromatic heterocycles. The van der Waals surface area contributed by atoms with Crippen molar-refractivity contribution in [3.8, 4) is 0 Å². The van der Waals surface area contributed by atoms with Gasteiger partial charge in [-0.25, -0.2) is 4.98 Å². The van der Waals surface area contributed by atoms with Crippen LogP contribution in [-0.4, -0.2) is 21.4 Å². The Morgan fingerprint density at radius 3 is 2.30 bits per heavy atom. The van der Waals surface area contributed by atoms with Gasteiger partial charge in [0, 0.05) is 12.6 Å². The van der Waals surface area contributed by atoms with E-state index in [0.29, 0.717) is 16.7 Å². The van der Waals surface area contributed by atoms with E-state index in [0.717, 1.165) is 11.1 Å². The SMILES string of the molecule is CC(=O)N(Cc1ccccc1)c1nc2ccccc2n(CC(=O)Nc2ccc(C)cc2)c1=O. The third-order valence-electron chi connectivity index (χ3n) is 5.29. The number of nitrogens with one attached hydrogen (secondary N) is 1. The van der Waals surface area contributed by atoms with Crippen molar-refractivity contribution in [2.75, 3.05) is 10.2 Å². The number of fused-ring (bicyclic) bond motifs is 1. The first kappa shape index (κ1) is 22.0. The number of carbonyl (C=O) groups excluding carboxylic acids is 2. The molecule has 0 bridgehead atoms. The Hall–Kier alpha value is -4.26. The highest BCUT2D eigenvalue weighted by Gasteiger charge is 2.21. The molecular formula is C26H24N4O3. The zero-order chi connectivity index (χ0) is 23.4. The lowest BCUT2D eigenvalue weighted by Crippen LogP contribution is -2.37. The number of aryl methyl sites for hydroxylation is 1. The molecule has 0 fully saturated rings. The second-order valence-electron chi connectivity index (χ2n) is 7.82. The molecule has 166 valence electrons. The summed E-state index contributed by atoms with van der Waals surface area (Å²) in [4.78, 5) is 44.6. The Bertz CT molecular complexity index is 1360. The van der Waals surface area contributed by atoms with E-state index in [-0.39, 0.29) is 30.7 Å². The molecule has 0 aliphatic rings. The van der Waals surface area contributed by atoms with Crippen molar-refractivity contribution >= 4 is 34.4 Å². The lowest BCUT2D eigenvalue weighted by molar-refractivity contribution is -0.117. The summed E-state index contributed by atoms with van der Waals surface area (Å²) in [5.41, 5.74) is 3.14. The van der Waals surface area contributed by atoms with E-state index in [1.54, 1.807) is 24.3 Å². The minimum atomic E-state index is -0.501. The first-order chi connectivity index (χ1) is 15.9. The molecule has 0 spiro atoms. The molecule has 4 aromatic rings. The van der Waals surface area contributed by atoms with E-state index >= 15 is 0 Å². The predicted molar refractivity (Wildman–Crippen MR) is 129 cm³/mol. The zero-order valence-electron chi connectivity index (χ0n) is 18.5. The van der Waals surface area contributed by atoms with Crippen molar-refractivity contribution < 1.29 is 9.59 Å². The van der Waals surface area contributed by atoms with E-state index in [1.165, 1.54) is 16.4 Å². The van der Waals surface area contributed by atoms with Gasteiger partial charge >= 0.3 is 0 Å². The topological polar surface area (TPSA) is 84.3 Å². The summed E-state index contributed by atoms with van der Waals surface area (Å²) in [5.74, 6) is -0.664. The average Bonchev–Trinajstić information content (AvgIpc) is 2.81. The fourth-order valence-corrected chi connectivity index (χ4v) is 3.59. The van der Waals surface area contributed by atoms with Crippen molar-refractivity contribution in [2.24, 2.45) is 0 Å². The van der Waals surface area contributed by atoms with Gasteiger partial charge in [0.2, 0.25) is 17.6 Å². The zero-order valence-corrected chi connectivity index (χ0v) is 18.5. The van der Waals surface area contributed by atoms with Crippen molar-refractivity contribution in [1.82, 2.24) is 9.55 Å². The number of benzene rings is 3. The number of rotatable bonds is 6. The van der Waals surface area contributed by atoms with Gasteiger partial charge in [0.05, 0.1) is 17.6 Å². The second kappa shape index (κ2) is 9.48. The molecule has 7 nitrogen and oxygen atoms in total. The van der Waals surface area contributed by atoms with Gasteiger partial charge in [0.15, 0.2) is 0 Å².